The Morgan fingerprint density at radius 2 is 1.79 bits per heavy atom. The molecular weight excluding hydrogens is 387 g/mol. The van der Waals surface area contributed by atoms with Crippen LogP contribution in [0.15, 0.2) is 59.8 Å². The van der Waals surface area contributed by atoms with Crippen molar-refractivity contribution in [2.45, 2.75) is 49.1 Å². The normalized spacial score (nSPS) is 15.4. The summed E-state index contributed by atoms with van der Waals surface area (Å²) in [5.41, 5.74) is 1.65. The first kappa shape index (κ1) is 19.6. The van der Waals surface area contributed by atoms with Gasteiger partial charge < -0.3 is 5.32 Å². The van der Waals surface area contributed by atoms with Gasteiger partial charge in [-0.25, -0.2) is 4.39 Å². The molecule has 0 aliphatic heterocycles. The molecule has 1 saturated carbocycles. The Labute approximate surface area is 173 Å². The third-order valence-corrected chi connectivity index (χ3v) is 6.15. The van der Waals surface area contributed by atoms with Crippen LogP contribution < -0.4 is 5.32 Å². The number of rotatable bonds is 6. The van der Waals surface area contributed by atoms with Gasteiger partial charge in [0, 0.05) is 17.3 Å². The first-order valence-corrected chi connectivity index (χ1v) is 10.7. The number of carbonyl (C=O) groups is 1. The predicted molar refractivity (Wildman–Crippen MR) is 112 cm³/mol. The lowest BCUT2D eigenvalue weighted by Crippen LogP contribution is -2.37. The van der Waals surface area contributed by atoms with Crippen LogP contribution in [0.2, 0.25) is 0 Å². The molecule has 3 aromatic rings. The van der Waals surface area contributed by atoms with Crippen LogP contribution in [0.5, 0.6) is 0 Å². The fourth-order valence-corrected chi connectivity index (χ4v) is 4.42. The first-order valence-electron chi connectivity index (χ1n) is 9.85. The molecule has 0 bridgehead atoms. The molecule has 1 fully saturated rings. The number of carbonyl (C=O) groups excluding carboxylic acids is 1. The van der Waals surface area contributed by atoms with Gasteiger partial charge in [0.05, 0.1) is 5.25 Å². The second kappa shape index (κ2) is 8.78. The molecule has 4 rings (SSSR count). The third kappa shape index (κ3) is 4.50. The number of amides is 1. The van der Waals surface area contributed by atoms with Gasteiger partial charge in [0.2, 0.25) is 5.91 Å². The molecule has 1 aliphatic carbocycles. The van der Waals surface area contributed by atoms with E-state index in [2.05, 4.69) is 15.5 Å². The van der Waals surface area contributed by atoms with Gasteiger partial charge in [-0.2, -0.15) is 0 Å². The highest BCUT2D eigenvalue weighted by molar-refractivity contribution is 8.00. The maximum Gasteiger partial charge on any atom is 0.233 e. The van der Waals surface area contributed by atoms with Gasteiger partial charge in [-0.15, -0.1) is 10.2 Å². The van der Waals surface area contributed by atoms with E-state index in [1.54, 1.807) is 12.1 Å². The van der Waals surface area contributed by atoms with Crippen molar-refractivity contribution in [2.75, 3.05) is 0 Å². The molecule has 1 aliphatic rings. The lowest BCUT2D eigenvalue weighted by atomic mass is 10.2. The van der Waals surface area contributed by atoms with E-state index < -0.39 is 0 Å². The van der Waals surface area contributed by atoms with Crippen LogP contribution in [0.1, 0.15) is 32.6 Å². The molecule has 5 nitrogen and oxygen atoms in total. The average Bonchev–Trinajstić information content (AvgIpc) is 3.39. The molecule has 0 radical (unpaired) electrons. The molecule has 1 N–H and O–H groups in total. The van der Waals surface area contributed by atoms with Gasteiger partial charge in [-0.05, 0) is 44.0 Å². The van der Waals surface area contributed by atoms with Gasteiger partial charge in [-0.3, -0.25) is 9.36 Å². The minimum atomic E-state index is -0.317. The van der Waals surface area contributed by atoms with Crippen LogP contribution in [0, 0.1) is 5.82 Å². The van der Waals surface area contributed by atoms with Gasteiger partial charge in [0.15, 0.2) is 11.0 Å². The Morgan fingerprint density at radius 1 is 1.10 bits per heavy atom. The van der Waals surface area contributed by atoms with Crippen molar-refractivity contribution in [3.63, 3.8) is 0 Å². The molecule has 150 valence electrons. The maximum atomic E-state index is 13.5. The standard InChI is InChI=1S/C22H23FN4OS/c1-15(21(28)24-18-9-5-6-10-18)29-22-26-25-20(16-7-3-2-4-8-16)27(22)19-13-11-17(23)12-14-19/h2-4,7-8,11-15,18H,5-6,9-10H2,1H3,(H,24,28). The van der Waals surface area contributed by atoms with Crippen LogP contribution in [0.4, 0.5) is 4.39 Å². The molecule has 2 aromatic carbocycles. The van der Waals surface area contributed by atoms with Crippen LogP contribution >= 0.6 is 11.8 Å². The van der Waals surface area contributed by atoms with Crippen LogP contribution in [-0.4, -0.2) is 32.0 Å². The zero-order chi connectivity index (χ0) is 20.2. The van der Waals surface area contributed by atoms with Crippen molar-refractivity contribution >= 4 is 17.7 Å². The second-order valence-corrected chi connectivity index (χ2v) is 8.54. The smallest absolute Gasteiger partial charge is 0.233 e. The van der Waals surface area contributed by atoms with Gasteiger partial charge in [0.1, 0.15) is 5.82 Å². The van der Waals surface area contributed by atoms with E-state index in [-0.39, 0.29) is 23.0 Å². The molecular formula is C22H23FN4OS. The Kier molecular flexibility index (Phi) is 5.94. The van der Waals surface area contributed by atoms with E-state index in [1.165, 1.54) is 36.7 Å². The SMILES string of the molecule is CC(Sc1nnc(-c2ccccc2)n1-c1ccc(F)cc1)C(=O)NC1CCCC1. The molecule has 0 spiro atoms. The van der Waals surface area contributed by atoms with Crippen LogP contribution in [0.25, 0.3) is 17.1 Å². The van der Waals surface area contributed by atoms with E-state index >= 15 is 0 Å². The predicted octanol–water partition coefficient (Wildman–Crippen LogP) is 4.61. The number of hydrogen-bond donors (Lipinski definition) is 1. The van der Waals surface area contributed by atoms with Crippen LogP contribution in [-0.2, 0) is 4.79 Å². The maximum absolute atomic E-state index is 13.5. The van der Waals surface area contributed by atoms with E-state index in [1.807, 2.05) is 41.8 Å². The largest absolute Gasteiger partial charge is 0.352 e. The fraction of sp³-hybridized carbons (Fsp3) is 0.318. The topological polar surface area (TPSA) is 59.8 Å². The van der Waals surface area contributed by atoms with E-state index in [0.717, 1.165) is 24.1 Å². The minimum Gasteiger partial charge on any atom is -0.352 e. The number of hydrogen-bond acceptors (Lipinski definition) is 4. The lowest BCUT2D eigenvalue weighted by Gasteiger charge is -2.17. The Hall–Kier alpha value is -2.67. The van der Waals surface area contributed by atoms with Crippen LogP contribution in [0.3, 0.4) is 0 Å². The summed E-state index contributed by atoms with van der Waals surface area (Å²) in [6, 6.07) is 16.2. The van der Waals surface area contributed by atoms with E-state index in [4.69, 9.17) is 0 Å². The number of aromatic nitrogens is 3. The molecule has 1 unspecified atom stereocenters. The number of benzene rings is 2. The number of halogens is 1. The highest BCUT2D eigenvalue weighted by atomic mass is 32.2. The highest BCUT2D eigenvalue weighted by Crippen LogP contribution is 2.30. The van der Waals surface area contributed by atoms with E-state index in [9.17, 15) is 9.18 Å². The fourth-order valence-electron chi connectivity index (χ4n) is 3.54. The number of nitrogens with one attached hydrogen (secondary N) is 1. The third-order valence-electron chi connectivity index (χ3n) is 5.10. The van der Waals surface area contributed by atoms with Gasteiger partial charge in [-0.1, -0.05) is 54.9 Å². The van der Waals surface area contributed by atoms with Crippen molar-refractivity contribution in [1.82, 2.24) is 20.1 Å². The summed E-state index contributed by atoms with van der Waals surface area (Å²) >= 11 is 1.36. The Bertz CT molecular complexity index is 968. The molecule has 1 aromatic heterocycles. The van der Waals surface area contributed by atoms with Gasteiger partial charge in [0.25, 0.3) is 0 Å². The van der Waals surface area contributed by atoms with Crippen molar-refractivity contribution in [1.29, 1.82) is 0 Å². The second-order valence-electron chi connectivity index (χ2n) is 7.23. The zero-order valence-electron chi connectivity index (χ0n) is 16.2. The molecule has 1 amide bonds. The summed E-state index contributed by atoms with van der Waals surface area (Å²) in [5, 5.41) is 12.1. The molecule has 0 saturated heterocycles. The summed E-state index contributed by atoms with van der Waals surface area (Å²) in [7, 11) is 0. The quantitative estimate of drug-likeness (QED) is 0.603. The summed E-state index contributed by atoms with van der Waals surface area (Å²) in [6.45, 7) is 1.88. The first-order chi connectivity index (χ1) is 14.1. The van der Waals surface area contributed by atoms with E-state index in [0.29, 0.717) is 11.0 Å². The van der Waals surface area contributed by atoms with Crippen molar-refractivity contribution in [2.24, 2.45) is 0 Å². The average molecular weight is 411 g/mol. The van der Waals surface area contributed by atoms with Crippen molar-refractivity contribution < 1.29 is 9.18 Å². The Balaban J connectivity index is 1.63. The number of thioether (sulfide) groups is 1. The minimum absolute atomic E-state index is 0.0109. The highest BCUT2D eigenvalue weighted by Gasteiger charge is 2.24. The number of nitrogens with zero attached hydrogens (tertiary/aromatic N) is 3. The van der Waals surface area contributed by atoms with Gasteiger partial charge >= 0.3 is 0 Å². The summed E-state index contributed by atoms with van der Waals surface area (Å²) in [6.07, 6.45) is 4.44. The Morgan fingerprint density at radius 3 is 2.48 bits per heavy atom. The van der Waals surface area contributed by atoms with Crippen molar-refractivity contribution in [3.8, 4) is 17.1 Å². The zero-order valence-corrected chi connectivity index (χ0v) is 17.0. The molecule has 1 heterocycles. The van der Waals surface area contributed by atoms with Crippen molar-refractivity contribution in [3.05, 3.63) is 60.4 Å². The summed E-state index contributed by atoms with van der Waals surface area (Å²) in [4.78, 5) is 12.6. The lowest BCUT2D eigenvalue weighted by molar-refractivity contribution is -0.120. The summed E-state index contributed by atoms with van der Waals surface area (Å²) in [5.74, 6) is 0.363. The molecule has 1 atom stereocenters. The molecule has 7 heteroatoms. The monoisotopic (exact) mass is 410 g/mol. The molecule has 29 heavy (non-hydrogen) atoms. The summed E-state index contributed by atoms with van der Waals surface area (Å²) < 4.78 is 15.3.